The number of benzene rings is 1. The number of fused-ring (bicyclic) bond motifs is 1. The maximum absolute atomic E-state index is 10.2. The lowest BCUT2D eigenvalue weighted by Crippen LogP contribution is -1.83. The highest BCUT2D eigenvalue weighted by Crippen LogP contribution is 2.33. The van der Waals surface area contributed by atoms with Crippen LogP contribution in [0.15, 0.2) is 27.5 Å². The number of nitrogens with zero attached hydrogens (tertiary/aromatic N) is 2. The Kier molecular flexibility index (Phi) is 3.39. The van der Waals surface area contributed by atoms with Gasteiger partial charge in [-0.3, -0.25) is 0 Å². The average Bonchev–Trinajstić information content (AvgIpc) is 2.58. The van der Waals surface area contributed by atoms with Crippen molar-refractivity contribution in [1.29, 1.82) is 0 Å². The summed E-state index contributed by atoms with van der Waals surface area (Å²) in [7, 11) is 0. The molecule has 82 valence electrons. The van der Waals surface area contributed by atoms with Crippen LogP contribution in [0.25, 0.3) is 10.2 Å². The summed E-state index contributed by atoms with van der Waals surface area (Å²) in [6, 6.07) is 5.52. The first-order chi connectivity index (χ1) is 7.69. The van der Waals surface area contributed by atoms with Crippen molar-refractivity contribution in [3.05, 3.63) is 18.2 Å². The quantitative estimate of drug-likeness (QED) is 0.473. The smallest absolute Gasteiger partial charge is 0.230 e. The number of carbonyl (C=O) groups excluding carboxylic acids is 1. The molecule has 0 aliphatic heterocycles. The molecule has 0 aliphatic rings. The number of rotatable bonds is 3. The van der Waals surface area contributed by atoms with Crippen LogP contribution in [0.3, 0.4) is 0 Å². The predicted molar refractivity (Wildman–Crippen MR) is 68.4 cm³/mol. The molecule has 0 unspecified atom stereocenters. The second-order valence-electron chi connectivity index (χ2n) is 3.50. The minimum atomic E-state index is 0.521. The van der Waals surface area contributed by atoms with Crippen molar-refractivity contribution >= 4 is 45.1 Å². The zero-order chi connectivity index (χ0) is 11.5. The molecule has 0 fully saturated rings. The number of aromatic nitrogens is 1. The first-order valence-corrected chi connectivity index (χ1v) is 6.54. The van der Waals surface area contributed by atoms with Gasteiger partial charge in [-0.1, -0.05) is 25.6 Å². The van der Waals surface area contributed by atoms with Crippen LogP contribution in [0.1, 0.15) is 13.8 Å². The van der Waals surface area contributed by atoms with Gasteiger partial charge >= 0.3 is 0 Å². The van der Waals surface area contributed by atoms with Gasteiger partial charge in [0, 0.05) is 5.25 Å². The summed E-state index contributed by atoms with van der Waals surface area (Å²) in [6.45, 7) is 4.28. The number of thiazole rings is 1. The summed E-state index contributed by atoms with van der Waals surface area (Å²) < 4.78 is 2.11. The van der Waals surface area contributed by atoms with E-state index in [1.54, 1.807) is 35.2 Å². The standard InChI is InChI=1S/C11H10N2OS2/c1-7(2)15-11-13-9-4-3-8(12-6-14)5-10(9)16-11/h3-5,7H,1-2H3. The van der Waals surface area contributed by atoms with Gasteiger partial charge in [0.05, 0.1) is 15.9 Å². The van der Waals surface area contributed by atoms with Crippen molar-refractivity contribution < 1.29 is 4.79 Å². The highest BCUT2D eigenvalue weighted by atomic mass is 32.2. The lowest BCUT2D eigenvalue weighted by Gasteiger charge is -1.97. The SMILES string of the molecule is CC(C)Sc1nc2ccc(N=C=O)cc2s1. The zero-order valence-corrected chi connectivity index (χ0v) is 10.6. The number of aliphatic imine (C=N–C) groups is 1. The van der Waals surface area contributed by atoms with E-state index in [4.69, 9.17) is 0 Å². The molecule has 1 aromatic carbocycles. The topological polar surface area (TPSA) is 42.3 Å². The van der Waals surface area contributed by atoms with Crippen LogP contribution in [0.5, 0.6) is 0 Å². The van der Waals surface area contributed by atoms with E-state index < -0.39 is 0 Å². The number of hydrogen-bond acceptors (Lipinski definition) is 5. The number of thioether (sulfide) groups is 1. The molecule has 16 heavy (non-hydrogen) atoms. The van der Waals surface area contributed by atoms with Gasteiger partial charge < -0.3 is 0 Å². The third-order valence-electron chi connectivity index (χ3n) is 1.86. The summed E-state index contributed by atoms with van der Waals surface area (Å²) >= 11 is 3.37. The largest absolute Gasteiger partial charge is 0.240 e. The average molecular weight is 250 g/mol. The van der Waals surface area contributed by atoms with Crippen LogP contribution in [-0.4, -0.2) is 16.3 Å². The molecular weight excluding hydrogens is 240 g/mol. The Hall–Kier alpha value is -1.16. The van der Waals surface area contributed by atoms with E-state index >= 15 is 0 Å². The Morgan fingerprint density at radius 3 is 3.00 bits per heavy atom. The summed E-state index contributed by atoms with van der Waals surface area (Å²) in [5.74, 6) is 0. The first-order valence-electron chi connectivity index (χ1n) is 4.84. The lowest BCUT2D eigenvalue weighted by molar-refractivity contribution is 0.565. The molecule has 3 nitrogen and oxygen atoms in total. The normalized spacial score (nSPS) is 10.7. The number of isocyanates is 1. The Balaban J connectivity index is 2.41. The van der Waals surface area contributed by atoms with Crippen molar-refractivity contribution in [1.82, 2.24) is 4.98 Å². The first kappa shape index (κ1) is 11.3. The Labute approximate surface area is 102 Å². The fourth-order valence-corrected chi connectivity index (χ4v) is 3.59. The van der Waals surface area contributed by atoms with Crippen molar-refractivity contribution in [2.45, 2.75) is 23.4 Å². The summed E-state index contributed by atoms with van der Waals surface area (Å²) in [5.41, 5.74) is 1.59. The van der Waals surface area contributed by atoms with E-state index in [9.17, 15) is 4.79 Å². The third-order valence-corrected chi connectivity index (χ3v) is 3.98. The van der Waals surface area contributed by atoms with E-state index in [0.29, 0.717) is 10.9 Å². The molecule has 5 heteroatoms. The van der Waals surface area contributed by atoms with E-state index in [-0.39, 0.29) is 0 Å². The maximum atomic E-state index is 10.2. The molecule has 0 bridgehead atoms. The molecule has 0 saturated carbocycles. The highest BCUT2D eigenvalue weighted by Gasteiger charge is 2.06. The fraction of sp³-hybridized carbons (Fsp3) is 0.273. The van der Waals surface area contributed by atoms with Crippen LogP contribution in [0.4, 0.5) is 5.69 Å². The molecular formula is C11H10N2OS2. The van der Waals surface area contributed by atoms with Gasteiger partial charge in [-0.05, 0) is 18.2 Å². The summed E-state index contributed by atoms with van der Waals surface area (Å²) in [5, 5.41) is 0.521. The molecule has 0 N–H and O–H groups in total. The van der Waals surface area contributed by atoms with Gasteiger partial charge in [-0.25, -0.2) is 9.78 Å². The van der Waals surface area contributed by atoms with Crippen LogP contribution in [0.2, 0.25) is 0 Å². The molecule has 1 aromatic heterocycles. The highest BCUT2D eigenvalue weighted by molar-refractivity contribution is 8.01. The Morgan fingerprint density at radius 2 is 2.31 bits per heavy atom. The lowest BCUT2D eigenvalue weighted by atomic mass is 10.3. The molecule has 0 atom stereocenters. The molecule has 2 aromatic rings. The second kappa shape index (κ2) is 4.78. The molecule has 2 rings (SSSR count). The van der Waals surface area contributed by atoms with Gasteiger partial charge in [0.15, 0.2) is 4.34 Å². The van der Waals surface area contributed by atoms with Crippen molar-refractivity contribution in [3.8, 4) is 0 Å². The van der Waals surface area contributed by atoms with E-state index in [1.165, 1.54) is 0 Å². The molecule has 0 amide bonds. The van der Waals surface area contributed by atoms with Crippen LogP contribution < -0.4 is 0 Å². The minimum absolute atomic E-state index is 0.521. The Morgan fingerprint density at radius 1 is 1.50 bits per heavy atom. The van der Waals surface area contributed by atoms with E-state index in [2.05, 4.69) is 23.8 Å². The van der Waals surface area contributed by atoms with Crippen LogP contribution >= 0.6 is 23.1 Å². The Bertz CT molecular complexity index is 556. The van der Waals surface area contributed by atoms with Gasteiger partial charge in [0.2, 0.25) is 6.08 Å². The van der Waals surface area contributed by atoms with Crippen molar-refractivity contribution in [2.24, 2.45) is 4.99 Å². The maximum Gasteiger partial charge on any atom is 0.240 e. The van der Waals surface area contributed by atoms with Crippen molar-refractivity contribution in [3.63, 3.8) is 0 Å². The van der Waals surface area contributed by atoms with Gasteiger partial charge in [0.1, 0.15) is 0 Å². The third kappa shape index (κ3) is 2.50. The summed E-state index contributed by atoms with van der Waals surface area (Å²) in [6.07, 6.45) is 1.54. The minimum Gasteiger partial charge on any atom is -0.230 e. The van der Waals surface area contributed by atoms with Crippen LogP contribution in [-0.2, 0) is 4.79 Å². The second-order valence-corrected chi connectivity index (χ2v) is 6.36. The summed E-state index contributed by atoms with van der Waals surface area (Å²) in [4.78, 5) is 18.2. The molecule has 1 heterocycles. The predicted octanol–water partition coefficient (Wildman–Crippen LogP) is 3.76. The van der Waals surface area contributed by atoms with Gasteiger partial charge in [0.25, 0.3) is 0 Å². The zero-order valence-electron chi connectivity index (χ0n) is 8.93. The number of hydrogen-bond donors (Lipinski definition) is 0. The van der Waals surface area contributed by atoms with Gasteiger partial charge in [-0.15, -0.1) is 11.3 Å². The fourth-order valence-electron chi connectivity index (χ4n) is 1.27. The van der Waals surface area contributed by atoms with Crippen LogP contribution in [0, 0.1) is 0 Å². The van der Waals surface area contributed by atoms with Gasteiger partial charge in [-0.2, -0.15) is 4.99 Å². The van der Waals surface area contributed by atoms with Crippen molar-refractivity contribution in [2.75, 3.05) is 0 Å². The molecule has 0 aliphatic carbocycles. The van der Waals surface area contributed by atoms with E-state index in [1.807, 2.05) is 12.1 Å². The molecule has 0 saturated heterocycles. The monoisotopic (exact) mass is 250 g/mol. The molecule has 0 spiro atoms. The molecule has 0 radical (unpaired) electrons. The van der Waals surface area contributed by atoms with E-state index in [0.717, 1.165) is 14.6 Å².